The molecule has 1 aliphatic rings. The van der Waals surface area contributed by atoms with Crippen molar-refractivity contribution in [2.45, 2.75) is 32.2 Å². The van der Waals surface area contributed by atoms with Crippen LogP contribution in [0.3, 0.4) is 0 Å². The molecule has 1 aliphatic carbocycles. The highest BCUT2D eigenvalue weighted by Gasteiger charge is 2.20. The number of benzene rings is 1. The Bertz CT molecular complexity index is 346. The van der Waals surface area contributed by atoms with Gasteiger partial charge in [0.2, 0.25) is 0 Å². The van der Waals surface area contributed by atoms with Crippen LogP contribution in [0.25, 0.3) is 0 Å². The summed E-state index contributed by atoms with van der Waals surface area (Å²) in [6, 6.07) is 7.84. The molecule has 0 spiro atoms. The second-order valence-corrected chi connectivity index (χ2v) is 5.24. The quantitative estimate of drug-likeness (QED) is 0.695. The number of phenols is 1. The lowest BCUT2D eigenvalue weighted by Gasteiger charge is -2.14. The van der Waals surface area contributed by atoms with Crippen molar-refractivity contribution in [1.29, 1.82) is 0 Å². The van der Waals surface area contributed by atoms with Gasteiger partial charge in [0.15, 0.2) is 0 Å². The first-order chi connectivity index (χ1) is 8.74. The Morgan fingerprint density at radius 1 is 1.33 bits per heavy atom. The van der Waals surface area contributed by atoms with E-state index in [0.717, 1.165) is 32.1 Å². The van der Waals surface area contributed by atoms with Crippen molar-refractivity contribution >= 4 is 0 Å². The molecule has 0 heterocycles. The van der Waals surface area contributed by atoms with Crippen LogP contribution in [0, 0.1) is 5.92 Å². The van der Waals surface area contributed by atoms with E-state index in [2.05, 4.69) is 12.2 Å². The molecule has 1 aromatic rings. The maximum atomic E-state index is 9.21. The highest BCUT2D eigenvalue weighted by atomic mass is 16.5. The molecule has 100 valence electrons. The van der Waals surface area contributed by atoms with Gasteiger partial charge in [-0.15, -0.1) is 0 Å². The summed E-state index contributed by atoms with van der Waals surface area (Å²) in [5.74, 6) is 1.17. The highest BCUT2D eigenvalue weighted by Crippen LogP contribution is 2.28. The SMILES string of the molecule is CC(Cc1ccc(O)cc1)NCCOCC1CC1. The zero-order chi connectivity index (χ0) is 12.8. The molecule has 2 N–H and O–H groups in total. The molecule has 0 amide bonds. The Balaban J connectivity index is 1.56. The summed E-state index contributed by atoms with van der Waals surface area (Å²) in [6.07, 6.45) is 3.68. The lowest BCUT2D eigenvalue weighted by atomic mass is 10.1. The third kappa shape index (κ3) is 5.07. The van der Waals surface area contributed by atoms with Crippen LogP contribution >= 0.6 is 0 Å². The number of nitrogens with one attached hydrogen (secondary N) is 1. The highest BCUT2D eigenvalue weighted by molar-refractivity contribution is 5.26. The minimum Gasteiger partial charge on any atom is -0.508 e. The van der Waals surface area contributed by atoms with Crippen molar-refractivity contribution in [1.82, 2.24) is 5.32 Å². The van der Waals surface area contributed by atoms with Crippen LogP contribution in [0.2, 0.25) is 0 Å². The molecule has 1 atom stereocenters. The van der Waals surface area contributed by atoms with E-state index >= 15 is 0 Å². The van der Waals surface area contributed by atoms with E-state index in [-0.39, 0.29) is 0 Å². The Morgan fingerprint density at radius 2 is 2.06 bits per heavy atom. The van der Waals surface area contributed by atoms with Gasteiger partial charge >= 0.3 is 0 Å². The first kappa shape index (κ1) is 13.4. The Morgan fingerprint density at radius 3 is 2.72 bits per heavy atom. The molecular formula is C15H23NO2. The van der Waals surface area contributed by atoms with Crippen LogP contribution in [0.5, 0.6) is 5.75 Å². The van der Waals surface area contributed by atoms with Crippen molar-refractivity contribution in [3.05, 3.63) is 29.8 Å². The summed E-state index contributed by atoms with van der Waals surface area (Å²) in [6.45, 7) is 4.82. The molecule has 3 nitrogen and oxygen atoms in total. The summed E-state index contributed by atoms with van der Waals surface area (Å²) < 4.78 is 5.58. The summed E-state index contributed by atoms with van der Waals surface area (Å²) >= 11 is 0. The summed E-state index contributed by atoms with van der Waals surface area (Å²) in [5.41, 5.74) is 1.24. The molecule has 3 heteroatoms. The van der Waals surface area contributed by atoms with Gasteiger partial charge in [-0.2, -0.15) is 0 Å². The van der Waals surface area contributed by atoms with Gasteiger partial charge in [0.25, 0.3) is 0 Å². The third-order valence-electron chi connectivity index (χ3n) is 3.27. The minimum atomic E-state index is 0.327. The van der Waals surface area contributed by atoms with E-state index in [4.69, 9.17) is 4.74 Å². The van der Waals surface area contributed by atoms with Gasteiger partial charge in [-0.05, 0) is 49.8 Å². The molecule has 0 aromatic heterocycles. The molecule has 18 heavy (non-hydrogen) atoms. The Kier molecular flexibility index (Phi) is 5.02. The van der Waals surface area contributed by atoms with Gasteiger partial charge in [-0.3, -0.25) is 0 Å². The molecule has 1 saturated carbocycles. The molecule has 0 bridgehead atoms. The van der Waals surface area contributed by atoms with E-state index in [9.17, 15) is 5.11 Å². The van der Waals surface area contributed by atoms with E-state index in [1.54, 1.807) is 12.1 Å². The van der Waals surface area contributed by atoms with Crippen LogP contribution in [-0.4, -0.2) is 30.9 Å². The van der Waals surface area contributed by atoms with Crippen molar-refractivity contribution in [3.63, 3.8) is 0 Å². The molecule has 0 radical (unpaired) electrons. The monoisotopic (exact) mass is 249 g/mol. The molecule has 0 aliphatic heterocycles. The van der Waals surface area contributed by atoms with Gasteiger partial charge in [0.05, 0.1) is 6.61 Å². The normalized spacial score (nSPS) is 16.7. The Hall–Kier alpha value is -1.06. The van der Waals surface area contributed by atoms with Crippen molar-refractivity contribution in [2.24, 2.45) is 5.92 Å². The average Bonchev–Trinajstić information content (AvgIpc) is 3.16. The fraction of sp³-hybridized carbons (Fsp3) is 0.600. The first-order valence-electron chi connectivity index (χ1n) is 6.83. The molecular weight excluding hydrogens is 226 g/mol. The summed E-state index contributed by atoms with van der Waals surface area (Å²) in [7, 11) is 0. The number of rotatable bonds is 8. The van der Waals surface area contributed by atoms with Crippen LogP contribution in [-0.2, 0) is 11.2 Å². The number of ether oxygens (including phenoxy) is 1. The predicted octanol–water partition coefficient (Wildman–Crippen LogP) is 2.34. The second kappa shape index (κ2) is 6.76. The average molecular weight is 249 g/mol. The third-order valence-corrected chi connectivity index (χ3v) is 3.27. The molecule has 1 unspecified atom stereocenters. The maximum Gasteiger partial charge on any atom is 0.115 e. The fourth-order valence-corrected chi connectivity index (χ4v) is 1.97. The summed E-state index contributed by atoms with van der Waals surface area (Å²) in [4.78, 5) is 0. The van der Waals surface area contributed by atoms with Gasteiger partial charge in [-0.1, -0.05) is 12.1 Å². The standard InChI is InChI=1S/C15H23NO2/c1-12(10-13-4-6-15(17)7-5-13)16-8-9-18-11-14-2-3-14/h4-7,12,14,16-17H,2-3,8-11H2,1H3. The zero-order valence-corrected chi connectivity index (χ0v) is 11.1. The van der Waals surface area contributed by atoms with Crippen LogP contribution < -0.4 is 5.32 Å². The maximum absolute atomic E-state index is 9.21. The molecule has 1 fully saturated rings. The smallest absolute Gasteiger partial charge is 0.115 e. The van der Waals surface area contributed by atoms with Crippen molar-refractivity contribution in [3.8, 4) is 5.75 Å². The lowest BCUT2D eigenvalue weighted by Crippen LogP contribution is -2.31. The molecule has 2 rings (SSSR count). The van der Waals surface area contributed by atoms with Crippen molar-refractivity contribution < 1.29 is 9.84 Å². The van der Waals surface area contributed by atoms with Crippen LogP contribution in [0.15, 0.2) is 24.3 Å². The second-order valence-electron chi connectivity index (χ2n) is 5.24. The first-order valence-corrected chi connectivity index (χ1v) is 6.83. The minimum absolute atomic E-state index is 0.327. The predicted molar refractivity (Wildman–Crippen MR) is 72.8 cm³/mol. The number of phenolic OH excluding ortho intramolecular Hbond substituents is 1. The number of aromatic hydroxyl groups is 1. The fourth-order valence-electron chi connectivity index (χ4n) is 1.97. The van der Waals surface area contributed by atoms with Crippen molar-refractivity contribution in [2.75, 3.05) is 19.8 Å². The van der Waals surface area contributed by atoms with E-state index < -0.39 is 0 Å². The van der Waals surface area contributed by atoms with Gasteiger partial charge in [0, 0.05) is 19.2 Å². The van der Waals surface area contributed by atoms with E-state index in [1.807, 2.05) is 12.1 Å². The summed E-state index contributed by atoms with van der Waals surface area (Å²) in [5, 5.41) is 12.7. The molecule has 1 aromatic carbocycles. The zero-order valence-electron chi connectivity index (χ0n) is 11.1. The Labute approximate surface area is 109 Å². The molecule has 0 saturated heterocycles. The largest absolute Gasteiger partial charge is 0.508 e. The van der Waals surface area contributed by atoms with Crippen LogP contribution in [0.4, 0.5) is 0 Å². The number of hydrogen-bond donors (Lipinski definition) is 2. The lowest BCUT2D eigenvalue weighted by molar-refractivity contribution is 0.124. The van der Waals surface area contributed by atoms with E-state index in [0.29, 0.717) is 11.8 Å². The van der Waals surface area contributed by atoms with Gasteiger partial charge < -0.3 is 15.2 Å². The van der Waals surface area contributed by atoms with Gasteiger partial charge in [-0.25, -0.2) is 0 Å². The van der Waals surface area contributed by atoms with Crippen LogP contribution in [0.1, 0.15) is 25.3 Å². The number of hydrogen-bond acceptors (Lipinski definition) is 3. The van der Waals surface area contributed by atoms with Gasteiger partial charge in [0.1, 0.15) is 5.75 Å². The van der Waals surface area contributed by atoms with E-state index in [1.165, 1.54) is 18.4 Å². The topological polar surface area (TPSA) is 41.5 Å².